The average Bonchev–Trinajstić information content (AvgIpc) is 2.95. The highest BCUT2D eigenvalue weighted by atomic mass is 16.6. The van der Waals surface area contributed by atoms with Crippen LogP contribution in [0.15, 0.2) is 24.3 Å². The zero-order valence-corrected chi connectivity index (χ0v) is 17.0. The summed E-state index contributed by atoms with van der Waals surface area (Å²) in [5.41, 5.74) is 2.64. The topological polar surface area (TPSA) is 81.3 Å². The van der Waals surface area contributed by atoms with Crippen LogP contribution in [0.25, 0.3) is 0 Å². The Bertz CT molecular complexity index is 865. The van der Waals surface area contributed by atoms with Gasteiger partial charge in [0.2, 0.25) is 0 Å². The summed E-state index contributed by atoms with van der Waals surface area (Å²) in [4.78, 5) is 25.4. The molecule has 1 aliphatic carbocycles. The molecule has 0 aliphatic heterocycles. The molecule has 2 aromatic rings. The fraction of sp³-hybridized carbons (Fsp3) is 0.524. The van der Waals surface area contributed by atoms with Crippen molar-refractivity contribution in [2.24, 2.45) is 5.92 Å². The molecule has 28 heavy (non-hydrogen) atoms. The number of carbonyl (C=O) groups is 1. The number of hydrogen-bond donors (Lipinski definition) is 0. The van der Waals surface area contributed by atoms with Gasteiger partial charge in [0.1, 0.15) is 11.4 Å². The van der Waals surface area contributed by atoms with Crippen molar-refractivity contribution < 1.29 is 9.72 Å². The van der Waals surface area contributed by atoms with E-state index in [-0.39, 0.29) is 11.6 Å². The van der Waals surface area contributed by atoms with Crippen LogP contribution >= 0.6 is 0 Å². The van der Waals surface area contributed by atoms with E-state index < -0.39 is 4.92 Å². The molecule has 1 aromatic carbocycles. The number of rotatable bonds is 5. The minimum absolute atomic E-state index is 0.0489. The van der Waals surface area contributed by atoms with Gasteiger partial charge in [-0.25, -0.2) is 0 Å². The number of benzene rings is 1. The van der Waals surface area contributed by atoms with E-state index in [0.717, 1.165) is 24.3 Å². The second kappa shape index (κ2) is 8.12. The van der Waals surface area contributed by atoms with Gasteiger partial charge < -0.3 is 4.90 Å². The Balaban J connectivity index is 1.69. The zero-order valence-electron chi connectivity index (χ0n) is 17.0. The Morgan fingerprint density at radius 1 is 1.21 bits per heavy atom. The second-order valence-electron chi connectivity index (χ2n) is 7.96. The summed E-state index contributed by atoms with van der Waals surface area (Å²) in [6.45, 7) is 6.06. The lowest BCUT2D eigenvalue weighted by Gasteiger charge is -2.33. The molecule has 3 rings (SSSR count). The molecule has 0 atom stereocenters. The SMILES string of the molecule is Cc1nn(Cc2ccc(C(=O)N(C)C3CCC(C)CC3)cc2)c(C)c1[N+](=O)[O-]. The monoisotopic (exact) mass is 384 g/mol. The van der Waals surface area contributed by atoms with Crippen molar-refractivity contribution >= 4 is 11.6 Å². The summed E-state index contributed by atoms with van der Waals surface area (Å²) in [5.74, 6) is 0.803. The molecule has 0 spiro atoms. The zero-order chi connectivity index (χ0) is 20.4. The summed E-state index contributed by atoms with van der Waals surface area (Å²) in [6.07, 6.45) is 4.49. The van der Waals surface area contributed by atoms with Crippen LogP contribution in [0.4, 0.5) is 5.69 Å². The molecule has 1 fully saturated rings. The van der Waals surface area contributed by atoms with Crippen molar-refractivity contribution in [3.8, 4) is 0 Å². The summed E-state index contributed by atoms with van der Waals surface area (Å²) in [7, 11) is 1.89. The van der Waals surface area contributed by atoms with Gasteiger partial charge in [0.05, 0.1) is 11.5 Å². The molecule has 1 amide bonds. The van der Waals surface area contributed by atoms with E-state index in [0.29, 0.717) is 29.5 Å². The lowest BCUT2D eigenvalue weighted by Crippen LogP contribution is -2.39. The summed E-state index contributed by atoms with van der Waals surface area (Å²) in [5, 5.41) is 15.4. The van der Waals surface area contributed by atoms with E-state index in [1.807, 2.05) is 36.2 Å². The minimum atomic E-state index is -0.391. The van der Waals surface area contributed by atoms with E-state index in [4.69, 9.17) is 0 Å². The average molecular weight is 384 g/mol. The van der Waals surface area contributed by atoms with Gasteiger partial charge in [-0.2, -0.15) is 5.10 Å². The molecule has 0 bridgehead atoms. The molecular formula is C21H28N4O3. The van der Waals surface area contributed by atoms with Crippen molar-refractivity contribution in [3.05, 3.63) is 56.9 Å². The fourth-order valence-electron chi connectivity index (χ4n) is 4.03. The van der Waals surface area contributed by atoms with Crippen molar-refractivity contribution in [1.29, 1.82) is 0 Å². The number of hydrogen-bond acceptors (Lipinski definition) is 4. The van der Waals surface area contributed by atoms with E-state index in [2.05, 4.69) is 12.0 Å². The van der Waals surface area contributed by atoms with Crippen LogP contribution in [-0.4, -0.2) is 38.6 Å². The van der Waals surface area contributed by atoms with Crippen molar-refractivity contribution in [2.75, 3.05) is 7.05 Å². The minimum Gasteiger partial charge on any atom is -0.339 e. The molecule has 1 saturated carbocycles. The molecule has 1 aromatic heterocycles. The first-order valence-electron chi connectivity index (χ1n) is 9.82. The highest BCUT2D eigenvalue weighted by Gasteiger charge is 2.25. The van der Waals surface area contributed by atoms with Gasteiger partial charge in [0.25, 0.3) is 5.91 Å². The fourth-order valence-corrected chi connectivity index (χ4v) is 4.03. The lowest BCUT2D eigenvalue weighted by atomic mass is 9.86. The first kappa shape index (κ1) is 20.0. The van der Waals surface area contributed by atoms with Crippen LogP contribution in [0.5, 0.6) is 0 Å². The Morgan fingerprint density at radius 3 is 2.36 bits per heavy atom. The number of nitrogens with zero attached hydrogens (tertiary/aromatic N) is 4. The molecule has 150 valence electrons. The lowest BCUT2D eigenvalue weighted by molar-refractivity contribution is -0.386. The largest absolute Gasteiger partial charge is 0.339 e. The third-order valence-electron chi connectivity index (χ3n) is 5.91. The maximum absolute atomic E-state index is 12.8. The number of aromatic nitrogens is 2. The normalized spacial score (nSPS) is 19.4. The molecule has 7 nitrogen and oxygen atoms in total. The number of aryl methyl sites for hydroxylation is 1. The number of amides is 1. The van der Waals surface area contributed by atoms with Crippen molar-refractivity contribution in [2.45, 2.75) is 59.0 Å². The first-order chi connectivity index (χ1) is 13.3. The maximum atomic E-state index is 12.8. The number of carbonyl (C=O) groups excluding carboxylic acids is 1. The second-order valence-corrected chi connectivity index (χ2v) is 7.96. The van der Waals surface area contributed by atoms with Crippen molar-refractivity contribution in [1.82, 2.24) is 14.7 Å². The molecule has 0 radical (unpaired) electrons. The molecule has 0 N–H and O–H groups in total. The molecule has 1 heterocycles. The van der Waals surface area contributed by atoms with E-state index in [1.165, 1.54) is 12.8 Å². The summed E-state index contributed by atoms with van der Waals surface area (Å²) >= 11 is 0. The Labute approximate surface area is 165 Å². The standard InChI is InChI=1S/C21H28N4O3/c1-14-5-11-19(12-6-14)23(4)21(26)18-9-7-17(8-10-18)13-24-16(3)20(25(27)28)15(2)22-24/h7-10,14,19H,5-6,11-13H2,1-4H3. The highest BCUT2D eigenvalue weighted by Crippen LogP contribution is 2.27. The van der Waals surface area contributed by atoms with Gasteiger partial charge in [0, 0.05) is 18.7 Å². The molecule has 0 unspecified atom stereocenters. The molecule has 0 saturated heterocycles. The van der Waals surface area contributed by atoms with Gasteiger partial charge >= 0.3 is 5.69 Å². The quantitative estimate of drug-likeness (QED) is 0.574. The van der Waals surface area contributed by atoms with Crippen molar-refractivity contribution in [3.63, 3.8) is 0 Å². The molecular weight excluding hydrogens is 356 g/mol. The Hall–Kier alpha value is -2.70. The Morgan fingerprint density at radius 2 is 1.82 bits per heavy atom. The van der Waals surface area contributed by atoms with Crippen LogP contribution in [0.1, 0.15) is 59.9 Å². The van der Waals surface area contributed by atoms with Gasteiger partial charge in [-0.05, 0) is 63.1 Å². The van der Waals surface area contributed by atoms with E-state index in [9.17, 15) is 14.9 Å². The Kier molecular flexibility index (Phi) is 5.82. The van der Waals surface area contributed by atoms with Crippen LogP contribution in [0, 0.1) is 29.9 Å². The third-order valence-corrected chi connectivity index (χ3v) is 5.91. The smallest absolute Gasteiger partial charge is 0.312 e. The maximum Gasteiger partial charge on any atom is 0.312 e. The van der Waals surface area contributed by atoms with Crippen LogP contribution < -0.4 is 0 Å². The highest BCUT2D eigenvalue weighted by molar-refractivity contribution is 5.94. The summed E-state index contributed by atoms with van der Waals surface area (Å²) < 4.78 is 1.64. The van der Waals surface area contributed by atoms with E-state index >= 15 is 0 Å². The van der Waals surface area contributed by atoms with Crippen LogP contribution in [-0.2, 0) is 6.54 Å². The predicted octanol–water partition coefficient (Wildman–Crippen LogP) is 4.11. The van der Waals surface area contributed by atoms with Gasteiger partial charge in [-0.1, -0.05) is 19.1 Å². The first-order valence-corrected chi connectivity index (χ1v) is 9.82. The van der Waals surface area contributed by atoms with Gasteiger partial charge in [0.15, 0.2) is 0 Å². The third kappa shape index (κ3) is 4.08. The van der Waals surface area contributed by atoms with Gasteiger partial charge in [-0.15, -0.1) is 0 Å². The number of nitro groups is 1. The predicted molar refractivity (Wildman–Crippen MR) is 107 cm³/mol. The van der Waals surface area contributed by atoms with Crippen LogP contribution in [0.3, 0.4) is 0 Å². The van der Waals surface area contributed by atoms with E-state index in [1.54, 1.807) is 18.5 Å². The summed E-state index contributed by atoms with van der Waals surface area (Å²) in [6, 6.07) is 7.77. The van der Waals surface area contributed by atoms with Crippen LogP contribution in [0.2, 0.25) is 0 Å². The van der Waals surface area contributed by atoms with Gasteiger partial charge in [-0.3, -0.25) is 19.6 Å². The molecule has 1 aliphatic rings. The molecule has 7 heteroatoms.